The van der Waals surface area contributed by atoms with Crippen LogP contribution in [0, 0.1) is 13.8 Å². The fraction of sp³-hybridized carbons (Fsp3) is 0.321. The summed E-state index contributed by atoms with van der Waals surface area (Å²) >= 11 is 3.02. The highest BCUT2D eigenvalue weighted by Crippen LogP contribution is 2.36. The molecule has 0 radical (unpaired) electrons. The van der Waals surface area contributed by atoms with Crippen molar-refractivity contribution in [3.8, 4) is 5.69 Å². The van der Waals surface area contributed by atoms with Crippen LogP contribution in [-0.4, -0.2) is 27.8 Å². The number of hydrogen-bond acceptors (Lipinski definition) is 5. The normalized spacial score (nSPS) is 14.9. The molecule has 7 heteroatoms. The third-order valence-corrected chi connectivity index (χ3v) is 9.17. The van der Waals surface area contributed by atoms with Gasteiger partial charge in [0.2, 0.25) is 5.91 Å². The van der Waals surface area contributed by atoms with E-state index in [0.717, 1.165) is 58.4 Å². The summed E-state index contributed by atoms with van der Waals surface area (Å²) in [7, 11) is 0. The summed E-state index contributed by atoms with van der Waals surface area (Å²) in [4.78, 5) is 36.2. The van der Waals surface area contributed by atoms with Gasteiger partial charge >= 0.3 is 0 Å². The van der Waals surface area contributed by atoms with Crippen LogP contribution in [0.2, 0.25) is 0 Å². The lowest BCUT2D eigenvalue weighted by atomic mass is 9.97. The second-order valence-corrected chi connectivity index (χ2v) is 11.5. The number of fused-ring (bicyclic) bond motifs is 4. The van der Waals surface area contributed by atoms with Crippen LogP contribution in [0.15, 0.2) is 52.4 Å². The van der Waals surface area contributed by atoms with Crippen molar-refractivity contribution >= 4 is 44.9 Å². The van der Waals surface area contributed by atoms with Gasteiger partial charge in [-0.1, -0.05) is 47.7 Å². The smallest absolute Gasteiger partial charge is 0.267 e. The van der Waals surface area contributed by atoms with E-state index in [-0.39, 0.29) is 17.2 Å². The first-order chi connectivity index (χ1) is 17.0. The van der Waals surface area contributed by atoms with E-state index in [4.69, 9.17) is 4.98 Å². The van der Waals surface area contributed by atoms with E-state index < -0.39 is 0 Å². The lowest BCUT2D eigenvalue weighted by Gasteiger charge is -2.18. The molecular formula is C28H27N3O2S2. The summed E-state index contributed by atoms with van der Waals surface area (Å²) < 4.78 is 1.74. The molecule has 0 N–H and O–H groups in total. The van der Waals surface area contributed by atoms with Gasteiger partial charge in [-0.15, -0.1) is 11.3 Å². The fourth-order valence-electron chi connectivity index (χ4n) is 5.35. The van der Waals surface area contributed by atoms with Crippen molar-refractivity contribution in [2.24, 2.45) is 0 Å². The zero-order chi connectivity index (χ0) is 24.1. The summed E-state index contributed by atoms with van der Waals surface area (Å²) in [5.41, 5.74) is 6.40. The number of carbonyl (C=O) groups excluding carboxylic acids is 1. The molecule has 2 aromatic heterocycles. The predicted molar refractivity (Wildman–Crippen MR) is 145 cm³/mol. The highest BCUT2D eigenvalue weighted by Gasteiger charge is 2.27. The molecule has 35 heavy (non-hydrogen) atoms. The number of benzene rings is 2. The third kappa shape index (κ3) is 3.91. The van der Waals surface area contributed by atoms with Gasteiger partial charge in [0.25, 0.3) is 5.56 Å². The first-order valence-corrected chi connectivity index (χ1v) is 14.0. The van der Waals surface area contributed by atoms with Gasteiger partial charge in [-0.2, -0.15) is 0 Å². The first kappa shape index (κ1) is 22.6. The second kappa shape index (κ2) is 8.95. The Hall–Kier alpha value is -2.90. The van der Waals surface area contributed by atoms with Gasteiger partial charge in [-0.3, -0.25) is 14.2 Å². The standard InChI is InChI=1S/C28H27N3O2S2/c1-17-11-12-21(18(2)15-17)31-27(33)25-20-8-4-6-10-23(20)35-26(25)29-28(31)34-16-24(32)30-14-13-19-7-3-5-9-22(19)30/h3,5,7,9,11-12,15H,4,6,8,10,13-14,16H2,1-2H3. The van der Waals surface area contributed by atoms with Gasteiger partial charge in [0.1, 0.15) is 4.83 Å². The Labute approximate surface area is 212 Å². The second-order valence-electron chi connectivity index (χ2n) is 9.43. The van der Waals surface area contributed by atoms with Gasteiger partial charge in [0, 0.05) is 17.1 Å². The van der Waals surface area contributed by atoms with Crippen LogP contribution in [0.4, 0.5) is 5.69 Å². The molecular weight excluding hydrogens is 474 g/mol. The van der Waals surface area contributed by atoms with Gasteiger partial charge in [0.15, 0.2) is 5.16 Å². The number of hydrogen-bond donors (Lipinski definition) is 0. The number of thioether (sulfide) groups is 1. The molecule has 1 aliphatic carbocycles. The SMILES string of the molecule is Cc1ccc(-n2c(SCC(=O)N3CCc4ccccc43)nc3sc4c(c3c2=O)CCCC4)c(C)c1. The number of carbonyl (C=O) groups is 1. The third-order valence-electron chi connectivity index (χ3n) is 7.06. The quantitative estimate of drug-likeness (QED) is 0.269. The molecule has 0 fully saturated rings. The molecule has 5 nitrogen and oxygen atoms in total. The maximum Gasteiger partial charge on any atom is 0.267 e. The van der Waals surface area contributed by atoms with Crippen molar-refractivity contribution in [3.05, 3.63) is 79.9 Å². The zero-order valence-corrected chi connectivity index (χ0v) is 21.6. The molecule has 0 saturated heterocycles. The number of rotatable bonds is 4. The summed E-state index contributed by atoms with van der Waals surface area (Å²) in [5.74, 6) is 0.286. The zero-order valence-electron chi connectivity index (χ0n) is 20.0. The summed E-state index contributed by atoms with van der Waals surface area (Å²) in [6, 6.07) is 14.2. The lowest BCUT2D eigenvalue weighted by Crippen LogP contribution is -2.31. The molecule has 0 bridgehead atoms. The molecule has 0 unspecified atom stereocenters. The van der Waals surface area contributed by atoms with E-state index in [1.165, 1.54) is 34.2 Å². The van der Waals surface area contributed by atoms with Gasteiger partial charge in [-0.05, 0) is 74.8 Å². The highest BCUT2D eigenvalue weighted by molar-refractivity contribution is 7.99. The number of aromatic nitrogens is 2. The van der Waals surface area contributed by atoms with E-state index >= 15 is 0 Å². The molecule has 178 valence electrons. The predicted octanol–water partition coefficient (Wildman–Crippen LogP) is 5.62. The molecule has 0 saturated carbocycles. The molecule has 4 aromatic rings. The Balaban J connectivity index is 1.42. The molecule has 2 aliphatic rings. The van der Waals surface area contributed by atoms with E-state index in [2.05, 4.69) is 19.1 Å². The Kier molecular flexibility index (Phi) is 5.77. The van der Waals surface area contributed by atoms with Crippen molar-refractivity contribution in [2.75, 3.05) is 17.2 Å². The maximum atomic E-state index is 14.0. The minimum absolute atomic E-state index is 0.0113. The molecule has 1 aliphatic heterocycles. The van der Waals surface area contributed by atoms with Crippen molar-refractivity contribution < 1.29 is 4.79 Å². The number of aryl methyl sites for hydroxylation is 4. The average Bonchev–Trinajstić information content (AvgIpc) is 3.45. The van der Waals surface area contributed by atoms with Crippen LogP contribution in [-0.2, 0) is 24.1 Å². The summed E-state index contributed by atoms with van der Waals surface area (Å²) in [6.07, 6.45) is 5.13. The monoisotopic (exact) mass is 501 g/mol. The molecule has 0 spiro atoms. The van der Waals surface area contributed by atoms with Crippen molar-refractivity contribution in [1.29, 1.82) is 0 Å². The lowest BCUT2D eigenvalue weighted by molar-refractivity contribution is -0.116. The van der Waals surface area contributed by atoms with Crippen LogP contribution in [0.5, 0.6) is 0 Å². The van der Waals surface area contributed by atoms with Gasteiger partial charge < -0.3 is 4.90 Å². The maximum absolute atomic E-state index is 14.0. The van der Waals surface area contributed by atoms with E-state index in [1.807, 2.05) is 42.2 Å². The molecule has 2 aromatic carbocycles. The Morgan fingerprint density at radius 3 is 2.74 bits per heavy atom. The van der Waals surface area contributed by atoms with Crippen LogP contribution >= 0.6 is 23.1 Å². The number of anilines is 1. The van der Waals surface area contributed by atoms with Crippen LogP contribution in [0.25, 0.3) is 15.9 Å². The molecule has 6 rings (SSSR count). The highest BCUT2D eigenvalue weighted by atomic mass is 32.2. The minimum atomic E-state index is -0.0113. The van der Waals surface area contributed by atoms with Crippen molar-refractivity contribution in [3.63, 3.8) is 0 Å². The largest absolute Gasteiger partial charge is 0.311 e. The minimum Gasteiger partial charge on any atom is -0.311 e. The molecule has 0 atom stereocenters. The molecule has 1 amide bonds. The number of para-hydroxylation sites is 1. The van der Waals surface area contributed by atoms with Crippen molar-refractivity contribution in [1.82, 2.24) is 9.55 Å². The van der Waals surface area contributed by atoms with Gasteiger partial charge in [-0.25, -0.2) is 4.98 Å². The fourth-order valence-corrected chi connectivity index (χ4v) is 7.54. The topological polar surface area (TPSA) is 55.2 Å². The molecule has 3 heterocycles. The van der Waals surface area contributed by atoms with E-state index in [1.54, 1.807) is 15.9 Å². The number of nitrogens with zero attached hydrogens (tertiary/aromatic N) is 3. The van der Waals surface area contributed by atoms with Crippen LogP contribution in [0.1, 0.15) is 40.0 Å². The first-order valence-electron chi connectivity index (χ1n) is 12.2. The number of thiophene rings is 1. The Bertz CT molecular complexity index is 1540. The van der Waals surface area contributed by atoms with Gasteiger partial charge in [0.05, 0.1) is 16.8 Å². The Morgan fingerprint density at radius 1 is 1.06 bits per heavy atom. The number of amides is 1. The van der Waals surface area contributed by atoms with E-state index in [0.29, 0.717) is 11.7 Å². The Morgan fingerprint density at radius 2 is 1.89 bits per heavy atom. The summed E-state index contributed by atoms with van der Waals surface area (Å²) in [5, 5.41) is 1.36. The van der Waals surface area contributed by atoms with Crippen LogP contribution in [0.3, 0.4) is 0 Å². The average molecular weight is 502 g/mol. The van der Waals surface area contributed by atoms with Crippen LogP contribution < -0.4 is 10.5 Å². The summed E-state index contributed by atoms with van der Waals surface area (Å²) in [6.45, 7) is 4.79. The van der Waals surface area contributed by atoms with E-state index in [9.17, 15) is 9.59 Å². The van der Waals surface area contributed by atoms with Crippen molar-refractivity contribution in [2.45, 2.75) is 51.1 Å².